The topological polar surface area (TPSA) is 102 Å². The normalized spacial score (nSPS) is 23.5. The minimum Gasteiger partial charge on any atom is -0.465 e. The van der Waals surface area contributed by atoms with Crippen molar-refractivity contribution in [3.63, 3.8) is 0 Å². The molecule has 1 aromatic carbocycles. The van der Waals surface area contributed by atoms with E-state index in [2.05, 4.69) is 27.2 Å². The van der Waals surface area contributed by atoms with Crippen LogP contribution in [0, 0.1) is 12.3 Å². The molecule has 2 aliphatic heterocycles. The highest BCUT2D eigenvalue weighted by molar-refractivity contribution is 5.90. The number of nitrogens with zero attached hydrogens (tertiary/aromatic N) is 5. The van der Waals surface area contributed by atoms with Gasteiger partial charge in [0.05, 0.1) is 36.3 Å². The summed E-state index contributed by atoms with van der Waals surface area (Å²) in [5, 5.41) is 7.94. The Labute approximate surface area is 216 Å². The van der Waals surface area contributed by atoms with E-state index < -0.39 is 0 Å². The van der Waals surface area contributed by atoms with Gasteiger partial charge >= 0.3 is 5.97 Å². The molecule has 9 heteroatoms. The zero-order chi connectivity index (χ0) is 25.7. The third kappa shape index (κ3) is 4.36. The van der Waals surface area contributed by atoms with Gasteiger partial charge in [-0.05, 0) is 63.1 Å². The smallest absolute Gasteiger partial charge is 0.337 e. The molecular weight excluding hydrogens is 468 g/mol. The summed E-state index contributed by atoms with van der Waals surface area (Å²) in [6.45, 7) is 4.07. The lowest BCUT2D eigenvalue weighted by Gasteiger charge is -2.40. The molecule has 6 rings (SSSR count). The third-order valence-electron chi connectivity index (χ3n) is 8.24. The first-order chi connectivity index (χ1) is 17.8. The van der Waals surface area contributed by atoms with Crippen molar-refractivity contribution in [3.05, 3.63) is 54.0 Å². The molecule has 3 aromatic rings. The fourth-order valence-electron chi connectivity index (χ4n) is 5.82. The van der Waals surface area contributed by atoms with Gasteiger partial charge < -0.3 is 15.0 Å². The minimum absolute atomic E-state index is 0.104. The van der Waals surface area contributed by atoms with Crippen molar-refractivity contribution in [1.82, 2.24) is 24.6 Å². The van der Waals surface area contributed by atoms with E-state index in [1.54, 1.807) is 24.5 Å². The van der Waals surface area contributed by atoms with Crippen molar-refractivity contribution in [3.8, 4) is 11.3 Å². The molecule has 1 N–H and O–H groups in total. The van der Waals surface area contributed by atoms with Crippen molar-refractivity contribution in [2.75, 3.05) is 12.4 Å². The number of fused-ring (bicyclic) bond motifs is 2. The monoisotopic (exact) mass is 500 g/mol. The van der Waals surface area contributed by atoms with Gasteiger partial charge in [0.25, 0.3) is 0 Å². The molecular formula is C28H32N6O3. The van der Waals surface area contributed by atoms with E-state index in [4.69, 9.17) is 9.72 Å². The Hall–Kier alpha value is -3.75. The number of aryl methyl sites for hydroxylation is 1. The van der Waals surface area contributed by atoms with Gasteiger partial charge in [0.15, 0.2) is 0 Å². The van der Waals surface area contributed by atoms with Gasteiger partial charge in [0.2, 0.25) is 11.9 Å². The predicted octanol–water partition coefficient (Wildman–Crippen LogP) is 4.67. The number of carbonyl (C=O) groups is 2. The largest absolute Gasteiger partial charge is 0.465 e. The predicted molar refractivity (Wildman–Crippen MR) is 138 cm³/mol. The first-order valence-electron chi connectivity index (χ1n) is 13.0. The maximum atomic E-state index is 13.1. The van der Waals surface area contributed by atoms with Crippen LogP contribution in [0.3, 0.4) is 0 Å². The van der Waals surface area contributed by atoms with Crippen molar-refractivity contribution < 1.29 is 14.3 Å². The Bertz CT molecular complexity index is 1330. The summed E-state index contributed by atoms with van der Waals surface area (Å²) in [6.07, 6.45) is 11.7. The lowest BCUT2D eigenvalue weighted by atomic mass is 9.95. The number of ether oxygens (including phenoxy) is 1. The number of hydrogen-bond acceptors (Lipinski definition) is 7. The van der Waals surface area contributed by atoms with Crippen molar-refractivity contribution in [1.29, 1.82) is 0 Å². The SMILES string of the molecule is COC(=O)c1ccc(-c2nc(Nc3cnn(C4C[C@H]5CC[C@@H](C4)N5C(=O)C4(C)CC4)c3)ncc2C)cc1. The Morgan fingerprint density at radius 3 is 2.41 bits per heavy atom. The minimum atomic E-state index is -0.368. The number of anilines is 2. The molecule has 3 aliphatic rings. The van der Waals surface area contributed by atoms with Crippen LogP contribution in [0.2, 0.25) is 0 Å². The average Bonchev–Trinajstić information content (AvgIpc) is 3.40. The summed E-state index contributed by atoms with van der Waals surface area (Å²) in [5.41, 5.74) is 3.83. The van der Waals surface area contributed by atoms with Gasteiger partial charge in [-0.1, -0.05) is 19.1 Å². The molecule has 3 atom stereocenters. The fourth-order valence-corrected chi connectivity index (χ4v) is 5.82. The van der Waals surface area contributed by atoms with E-state index in [0.29, 0.717) is 29.5 Å². The highest BCUT2D eigenvalue weighted by Gasteiger charge is 2.53. The molecule has 37 heavy (non-hydrogen) atoms. The molecule has 0 radical (unpaired) electrons. The lowest BCUT2D eigenvalue weighted by molar-refractivity contribution is -0.141. The summed E-state index contributed by atoms with van der Waals surface area (Å²) in [6, 6.07) is 8.11. The van der Waals surface area contributed by atoms with E-state index in [-0.39, 0.29) is 17.4 Å². The molecule has 192 valence electrons. The zero-order valence-corrected chi connectivity index (χ0v) is 21.5. The Morgan fingerprint density at radius 1 is 1.05 bits per heavy atom. The number of carbonyl (C=O) groups excluding carboxylic acids is 2. The van der Waals surface area contributed by atoms with Crippen molar-refractivity contribution in [2.45, 2.75) is 70.5 Å². The first-order valence-corrected chi connectivity index (χ1v) is 13.0. The van der Waals surface area contributed by atoms with Crippen LogP contribution in [0.15, 0.2) is 42.9 Å². The van der Waals surface area contributed by atoms with Gasteiger partial charge in [-0.25, -0.2) is 14.8 Å². The Kier molecular flexibility index (Phi) is 5.73. The van der Waals surface area contributed by atoms with E-state index >= 15 is 0 Å². The van der Waals surface area contributed by atoms with Crippen LogP contribution in [-0.2, 0) is 9.53 Å². The number of rotatable bonds is 6. The van der Waals surface area contributed by atoms with Gasteiger partial charge in [-0.3, -0.25) is 9.48 Å². The molecule has 2 saturated heterocycles. The van der Waals surface area contributed by atoms with Crippen LogP contribution in [0.5, 0.6) is 0 Å². The number of piperidine rings is 1. The number of nitrogens with one attached hydrogen (secondary N) is 1. The van der Waals surface area contributed by atoms with Crippen LogP contribution < -0.4 is 5.32 Å². The van der Waals surface area contributed by atoms with E-state index in [0.717, 1.165) is 61.0 Å². The summed E-state index contributed by atoms with van der Waals surface area (Å²) in [5.74, 6) is 0.483. The standard InChI is InChI=1S/C28H32N6O3/c1-17-14-29-27(32-24(17)18-4-6-19(7-5-18)25(35)37-3)31-20-15-30-33(16-20)23-12-21-8-9-22(13-23)34(21)26(36)28(2)10-11-28/h4-7,14-16,21-23H,8-13H2,1-3H3,(H,29,31,32)/t21-,22+,23?. The Balaban J connectivity index is 1.15. The first kappa shape index (κ1) is 23.6. The average molecular weight is 501 g/mol. The second kappa shape index (κ2) is 8.97. The van der Waals surface area contributed by atoms with Gasteiger partial charge in [-0.2, -0.15) is 5.10 Å². The number of benzene rings is 1. The number of esters is 1. The quantitative estimate of drug-likeness (QED) is 0.491. The summed E-state index contributed by atoms with van der Waals surface area (Å²) < 4.78 is 6.82. The van der Waals surface area contributed by atoms with Crippen molar-refractivity contribution in [2.24, 2.45) is 5.41 Å². The second-order valence-corrected chi connectivity index (χ2v) is 10.9. The summed E-state index contributed by atoms with van der Waals surface area (Å²) in [7, 11) is 1.37. The fraction of sp³-hybridized carbons (Fsp3) is 0.464. The number of aromatic nitrogens is 4. The summed E-state index contributed by atoms with van der Waals surface area (Å²) in [4.78, 5) is 36.2. The highest BCUT2D eigenvalue weighted by atomic mass is 16.5. The molecule has 0 spiro atoms. The maximum absolute atomic E-state index is 13.1. The molecule has 3 fully saturated rings. The zero-order valence-electron chi connectivity index (χ0n) is 21.5. The van der Waals surface area contributed by atoms with Gasteiger partial charge in [0.1, 0.15) is 0 Å². The van der Waals surface area contributed by atoms with E-state index in [1.165, 1.54) is 7.11 Å². The lowest BCUT2D eigenvalue weighted by Crippen LogP contribution is -2.49. The van der Waals surface area contributed by atoms with Crippen LogP contribution in [0.25, 0.3) is 11.3 Å². The van der Waals surface area contributed by atoms with Crippen LogP contribution in [0.4, 0.5) is 11.6 Å². The molecule has 1 unspecified atom stereocenters. The number of amides is 1. The maximum Gasteiger partial charge on any atom is 0.337 e. The van der Waals surface area contributed by atoms with Crippen LogP contribution in [0.1, 0.15) is 67.4 Å². The van der Waals surface area contributed by atoms with Gasteiger partial charge in [0, 0.05) is 35.5 Å². The van der Waals surface area contributed by atoms with E-state index in [1.807, 2.05) is 29.9 Å². The number of methoxy groups -OCH3 is 1. The summed E-state index contributed by atoms with van der Waals surface area (Å²) >= 11 is 0. The van der Waals surface area contributed by atoms with Crippen LogP contribution >= 0.6 is 0 Å². The Morgan fingerprint density at radius 2 is 1.76 bits per heavy atom. The molecule has 1 aliphatic carbocycles. The third-order valence-corrected chi connectivity index (χ3v) is 8.24. The molecule has 1 amide bonds. The second-order valence-electron chi connectivity index (χ2n) is 10.9. The van der Waals surface area contributed by atoms with Gasteiger partial charge in [-0.15, -0.1) is 0 Å². The number of hydrogen-bond donors (Lipinski definition) is 1. The molecule has 1 saturated carbocycles. The molecule has 4 heterocycles. The highest BCUT2D eigenvalue weighted by Crippen LogP contribution is 2.51. The van der Waals surface area contributed by atoms with Crippen LogP contribution in [-0.4, -0.2) is 55.7 Å². The van der Waals surface area contributed by atoms with Crippen molar-refractivity contribution >= 4 is 23.5 Å². The van der Waals surface area contributed by atoms with E-state index in [9.17, 15) is 9.59 Å². The molecule has 2 bridgehead atoms. The molecule has 9 nitrogen and oxygen atoms in total. The molecule has 2 aromatic heterocycles.